The monoisotopic (exact) mass is 323 g/mol. The Labute approximate surface area is 143 Å². The topological polar surface area (TPSA) is 47.7 Å². The van der Waals surface area contributed by atoms with Gasteiger partial charge in [-0.05, 0) is 31.9 Å². The van der Waals surface area contributed by atoms with E-state index < -0.39 is 0 Å². The van der Waals surface area contributed by atoms with Crippen molar-refractivity contribution in [3.8, 4) is 0 Å². The molecule has 0 unspecified atom stereocenters. The minimum absolute atomic E-state index is 0.304. The highest BCUT2D eigenvalue weighted by atomic mass is 15.3. The molecule has 126 valence electrons. The van der Waals surface area contributed by atoms with E-state index in [0.717, 1.165) is 13.1 Å². The van der Waals surface area contributed by atoms with E-state index in [2.05, 4.69) is 72.9 Å². The number of nitrogens with one attached hydrogen (secondary N) is 1. The Morgan fingerprint density at radius 2 is 1.79 bits per heavy atom. The SMILES string of the molecule is Cc1cnn([C@H](C)[C@H](C)NCc2cnn(Cc3ccccc3)c2)c1. The highest BCUT2D eigenvalue weighted by molar-refractivity contribution is 5.15. The molecule has 5 nitrogen and oxygen atoms in total. The van der Waals surface area contributed by atoms with Gasteiger partial charge in [0.05, 0.1) is 25.0 Å². The van der Waals surface area contributed by atoms with Crippen molar-refractivity contribution in [2.24, 2.45) is 0 Å². The highest BCUT2D eigenvalue weighted by Crippen LogP contribution is 2.12. The number of benzene rings is 1. The van der Waals surface area contributed by atoms with Crippen molar-refractivity contribution in [2.45, 2.75) is 45.9 Å². The van der Waals surface area contributed by atoms with Crippen LogP contribution in [0.4, 0.5) is 0 Å². The minimum Gasteiger partial charge on any atom is -0.308 e. The Morgan fingerprint density at radius 3 is 2.50 bits per heavy atom. The molecule has 2 heterocycles. The highest BCUT2D eigenvalue weighted by Gasteiger charge is 2.14. The van der Waals surface area contributed by atoms with Crippen molar-refractivity contribution >= 4 is 0 Å². The second-order valence-corrected chi connectivity index (χ2v) is 6.44. The standard InChI is InChI=1S/C19H25N5/c1-15-9-22-24(12-15)17(3)16(2)20-10-19-11-21-23(14-19)13-18-7-5-4-6-8-18/h4-9,11-12,14,16-17,20H,10,13H2,1-3H3/t16-,17+/m0/s1. The molecule has 3 rings (SSSR count). The van der Waals surface area contributed by atoms with Crippen molar-refractivity contribution in [2.75, 3.05) is 0 Å². The number of hydrogen-bond donors (Lipinski definition) is 1. The summed E-state index contributed by atoms with van der Waals surface area (Å²) in [6.07, 6.45) is 8.03. The number of aromatic nitrogens is 4. The van der Waals surface area contributed by atoms with Gasteiger partial charge in [-0.1, -0.05) is 30.3 Å². The fourth-order valence-electron chi connectivity index (χ4n) is 2.69. The van der Waals surface area contributed by atoms with Crippen molar-refractivity contribution in [1.82, 2.24) is 24.9 Å². The van der Waals surface area contributed by atoms with E-state index in [0.29, 0.717) is 12.1 Å². The third-order valence-corrected chi connectivity index (χ3v) is 4.37. The van der Waals surface area contributed by atoms with Gasteiger partial charge in [-0.2, -0.15) is 10.2 Å². The molecule has 0 saturated carbocycles. The van der Waals surface area contributed by atoms with Crippen LogP contribution < -0.4 is 5.32 Å². The van der Waals surface area contributed by atoms with Crippen LogP contribution in [0.3, 0.4) is 0 Å². The fourth-order valence-corrected chi connectivity index (χ4v) is 2.69. The summed E-state index contributed by atoms with van der Waals surface area (Å²) in [5, 5.41) is 12.4. The van der Waals surface area contributed by atoms with E-state index >= 15 is 0 Å². The lowest BCUT2D eigenvalue weighted by molar-refractivity contribution is 0.365. The normalized spacial score (nSPS) is 13.8. The lowest BCUT2D eigenvalue weighted by atomic mass is 10.1. The van der Waals surface area contributed by atoms with Gasteiger partial charge in [0, 0.05) is 30.5 Å². The zero-order chi connectivity index (χ0) is 16.9. The molecule has 5 heteroatoms. The zero-order valence-corrected chi connectivity index (χ0v) is 14.6. The number of aryl methyl sites for hydroxylation is 1. The summed E-state index contributed by atoms with van der Waals surface area (Å²) < 4.78 is 4.00. The second-order valence-electron chi connectivity index (χ2n) is 6.44. The van der Waals surface area contributed by atoms with E-state index in [1.165, 1.54) is 16.7 Å². The van der Waals surface area contributed by atoms with Gasteiger partial charge in [0.25, 0.3) is 0 Å². The van der Waals surface area contributed by atoms with Gasteiger partial charge >= 0.3 is 0 Å². The molecule has 24 heavy (non-hydrogen) atoms. The summed E-state index contributed by atoms with van der Waals surface area (Å²) in [6.45, 7) is 8.05. The third-order valence-electron chi connectivity index (χ3n) is 4.37. The fraction of sp³-hybridized carbons (Fsp3) is 0.368. The summed E-state index contributed by atoms with van der Waals surface area (Å²) in [6, 6.07) is 11.0. The first kappa shape index (κ1) is 16.5. The first-order valence-corrected chi connectivity index (χ1v) is 8.41. The summed E-state index contributed by atoms with van der Waals surface area (Å²) >= 11 is 0. The molecule has 0 radical (unpaired) electrons. The van der Waals surface area contributed by atoms with Crippen molar-refractivity contribution in [1.29, 1.82) is 0 Å². The molecule has 0 aliphatic heterocycles. The van der Waals surface area contributed by atoms with Gasteiger partial charge in [-0.3, -0.25) is 9.36 Å². The zero-order valence-electron chi connectivity index (χ0n) is 14.6. The maximum atomic E-state index is 4.45. The van der Waals surface area contributed by atoms with Crippen LogP contribution >= 0.6 is 0 Å². The molecule has 1 aromatic carbocycles. The van der Waals surface area contributed by atoms with E-state index in [1.54, 1.807) is 0 Å². The van der Waals surface area contributed by atoms with Crippen LogP contribution in [-0.4, -0.2) is 25.6 Å². The molecular weight excluding hydrogens is 298 g/mol. The molecule has 1 N–H and O–H groups in total. The number of nitrogens with zero attached hydrogens (tertiary/aromatic N) is 4. The Hall–Kier alpha value is -2.40. The minimum atomic E-state index is 0.304. The Kier molecular flexibility index (Phi) is 5.11. The molecule has 0 amide bonds. The smallest absolute Gasteiger partial charge is 0.0659 e. The molecule has 2 atom stereocenters. The summed E-state index contributed by atoms with van der Waals surface area (Å²) in [4.78, 5) is 0. The van der Waals surface area contributed by atoms with Crippen LogP contribution in [0.15, 0.2) is 55.1 Å². The molecule has 0 saturated heterocycles. The van der Waals surface area contributed by atoms with Crippen LogP contribution in [0, 0.1) is 6.92 Å². The first-order chi connectivity index (χ1) is 11.6. The maximum Gasteiger partial charge on any atom is 0.0659 e. The van der Waals surface area contributed by atoms with Gasteiger partial charge in [-0.15, -0.1) is 0 Å². The molecule has 0 spiro atoms. The largest absolute Gasteiger partial charge is 0.308 e. The van der Waals surface area contributed by atoms with Gasteiger partial charge in [-0.25, -0.2) is 0 Å². The molecular formula is C19H25N5. The van der Waals surface area contributed by atoms with E-state index in [-0.39, 0.29) is 0 Å². The van der Waals surface area contributed by atoms with Crippen LogP contribution in [0.5, 0.6) is 0 Å². The lowest BCUT2D eigenvalue weighted by Crippen LogP contribution is -2.33. The number of rotatable bonds is 7. The predicted octanol–water partition coefficient (Wildman–Crippen LogP) is 3.18. The van der Waals surface area contributed by atoms with E-state index in [4.69, 9.17) is 0 Å². The van der Waals surface area contributed by atoms with Gasteiger partial charge < -0.3 is 5.32 Å². The van der Waals surface area contributed by atoms with Crippen molar-refractivity contribution in [3.63, 3.8) is 0 Å². The van der Waals surface area contributed by atoms with Crippen LogP contribution in [-0.2, 0) is 13.1 Å². The second kappa shape index (κ2) is 7.45. The molecule has 2 aromatic heterocycles. The lowest BCUT2D eigenvalue weighted by Gasteiger charge is -2.21. The third kappa shape index (κ3) is 4.11. The van der Waals surface area contributed by atoms with E-state index in [1.807, 2.05) is 27.8 Å². The first-order valence-electron chi connectivity index (χ1n) is 8.41. The van der Waals surface area contributed by atoms with Gasteiger partial charge in [0.2, 0.25) is 0 Å². The molecule has 0 aliphatic carbocycles. The number of hydrogen-bond acceptors (Lipinski definition) is 3. The Morgan fingerprint density at radius 1 is 1.00 bits per heavy atom. The van der Waals surface area contributed by atoms with Gasteiger partial charge in [0.15, 0.2) is 0 Å². The molecule has 0 aliphatic rings. The maximum absolute atomic E-state index is 4.45. The van der Waals surface area contributed by atoms with Crippen molar-refractivity contribution < 1.29 is 0 Å². The average molecular weight is 323 g/mol. The van der Waals surface area contributed by atoms with E-state index in [9.17, 15) is 0 Å². The molecule has 0 fully saturated rings. The summed E-state index contributed by atoms with van der Waals surface area (Å²) in [5.74, 6) is 0. The predicted molar refractivity (Wildman–Crippen MR) is 95.7 cm³/mol. The van der Waals surface area contributed by atoms with Crippen LogP contribution in [0.2, 0.25) is 0 Å². The Bertz CT molecular complexity index is 759. The molecule has 0 bridgehead atoms. The van der Waals surface area contributed by atoms with Crippen molar-refractivity contribution in [3.05, 3.63) is 71.8 Å². The summed E-state index contributed by atoms with van der Waals surface area (Å²) in [5.41, 5.74) is 3.65. The average Bonchev–Trinajstić information content (AvgIpc) is 3.22. The summed E-state index contributed by atoms with van der Waals surface area (Å²) in [7, 11) is 0. The van der Waals surface area contributed by atoms with Crippen LogP contribution in [0.25, 0.3) is 0 Å². The van der Waals surface area contributed by atoms with Gasteiger partial charge in [0.1, 0.15) is 0 Å². The quantitative estimate of drug-likeness (QED) is 0.726. The Balaban J connectivity index is 1.53. The van der Waals surface area contributed by atoms with Crippen LogP contribution in [0.1, 0.15) is 36.6 Å². The molecule has 3 aromatic rings.